The molecule has 0 saturated carbocycles. The lowest BCUT2D eigenvalue weighted by atomic mass is 9.93. The van der Waals surface area contributed by atoms with E-state index in [4.69, 9.17) is 11.6 Å². The molecule has 1 aliphatic rings. The highest BCUT2D eigenvalue weighted by Gasteiger charge is 2.33. The van der Waals surface area contributed by atoms with Gasteiger partial charge in [0.05, 0.1) is 4.34 Å². The number of thiophene rings is 1. The fourth-order valence-corrected chi connectivity index (χ4v) is 3.66. The number of rotatable bonds is 2. The van der Waals surface area contributed by atoms with Crippen LogP contribution in [0.3, 0.4) is 0 Å². The fourth-order valence-electron chi connectivity index (χ4n) is 2.47. The molecule has 96 valence electrons. The molecular formula is C13H20ClNOS. The van der Waals surface area contributed by atoms with Crippen molar-refractivity contribution >= 4 is 22.9 Å². The summed E-state index contributed by atoms with van der Waals surface area (Å²) >= 11 is 7.47. The first kappa shape index (κ1) is 13.3. The van der Waals surface area contributed by atoms with E-state index in [0.717, 1.165) is 41.6 Å². The molecule has 1 N–H and O–H groups in total. The molecule has 1 fully saturated rings. The summed E-state index contributed by atoms with van der Waals surface area (Å²) in [5, 5.41) is 10.8. The van der Waals surface area contributed by atoms with Crippen LogP contribution in [-0.2, 0) is 5.60 Å². The largest absolute Gasteiger partial charge is 0.384 e. The molecular weight excluding hydrogens is 254 g/mol. The first-order valence-corrected chi connectivity index (χ1v) is 7.43. The summed E-state index contributed by atoms with van der Waals surface area (Å²) < 4.78 is 0.762. The van der Waals surface area contributed by atoms with E-state index in [1.165, 1.54) is 11.3 Å². The lowest BCUT2D eigenvalue weighted by Crippen LogP contribution is -2.33. The van der Waals surface area contributed by atoms with Crippen molar-refractivity contribution in [3.05, 3.63) is 21.3 Å². The van der Waals surface area contributed by atoms with E-state index in [-0.39, 0.29) is 0 Å². The van der Waals surface area contributed by atoms with E-state index in [1.807, 2.05) is 12.1 Å². The predicted molar refractivity (Wildman–Crippen MR) is 73.8 cm³/mol. The summed E-state index contributed by atoms with van der Waals surface area (Å²) in [5.74, 6) is 0. The Morgan fingerprint density at radius 2 is 2.12 bits per heavy atom. The number of halogens is 1. The molecule has 1 unspecified atom stereocenters. The zero-order chi connectivity index (χ0) is 12.5. The first-order valence-electron chi connectivity index (χ1n) is 6.23. The Kier molecular flexibility index (Phi) is 4.14. The highest BCUT2D eigenvalue weighted by Crippen LogP contribution is 2.38. The van der Waals surface area contributed by atoms with Crippen LogP contribution in [0, 0.1) is 0 Å². The molecule has 4 heteroatoms. The molecule has 0 bridgehead atoms. The lowest BCUT2D eigenvalue weighted by Gasteiger charge is -2.27. The Labute approximate surface area is 112 Å². The van der Waals surface area contributed by atoms with Gasteiger partial charge in [-0.2, -0.15) is 0 Å². The number of hydrogen-bond acceptors (Lipinski definition) is 3. The summed E-state index contributed by atoms with van der Waals surface area (Å²) in [7, 11) is 0. The van der Waals surface area contributed by atoms with Gasteiger partial charge in [-0.15, -0.1) is 11.3 Å². The van der Waals surface area contributed by atoms with Gasteiger partial charge in [0.1, 0.15) is 5.60 Å². The van der Waals surface area contributed by atoms with Crippen molar-refractivity contribution in [1.82, 2.24) is 4.90 Å². The monoisotopic (exact) mass is 273 g/mol. The predicted octanol–water partition coefficient (Wildman–Crippen LogP) is 3.48. The van der Waals surface area contributed by atoms with Gasteiger partial charge in [-0.1, -0.05) is 11.6 Å². The molecule has 2 nitrogen and oxygen atoms in total. The van der Waals surface area contributed by atoms with Crippen LogP contribution < -0.4 is 0 Å². The third-order valence-corrected chi connectivity index (χ3v) is 5.03. The average molecular weight is 274 g/mol. The minimum absolute atomic E-state index is 0.560. The van der Waals surface area contributed by atoms with Gasteiger partial charge in [0.25, 0.3) is 0 Å². The standard InChI is InChI=1S/C13H20ClNOS/c1-10(2)15-8-3-6-13(16,7-9-15)11-4-5-12(14)17-11/h4-5,10,16H,3,6-9H2,1-2H3. The van der Waals surface area contributed by atoms with E-state index in [1.54, 1.807) is 0 Å². The van der Waals surface area contributed by atoms with Crippen LogP contribution in [0.25, 0.3) is 0 Å². The Morgan fingerprint density at radius 3 is 2.71 bits per heavy atom. The van der Waals surface area contributed by atoms with Crippen LogP contribution in [-0.4, -0.2) is 29.1 Å². The number of hydrogen-bond donors (Lipinski definition) is 1. The fraction of sp³-hybridized carbons (Fsp3) is 0.692. The van der Waals surface area contributed by atoms with E-state index < -0.39 is 5.60 Å². The van der Waals surface area contributed by atoms with Crippen LogP contribution in [0.2, 0.25) is 4.34 Å². The minimum Gasteiger partial charge on any atom is -0.384 e. The average Bonchev–Trinajstić information content (AvgIpc) is 2.59. The maximum atomic E-state index is 10.8. The summed E-state index contributed by atoms with van der Waals surface area (Å²) in [6.45, 7) is 6.47. The van der Waals surface area contributed by atoms with Crippen molar-refractivity contribution in [2.24, 2.45) is 0 Å². The zero-order valence-corrected chi connectivity index (χ0v) is 12.0. The summed E-state index contributed by atoms with van der Waals surface area (Å²) in [6, 6.07) is 4.41. The number of aliphatic hydroxyl groups is 1. The van der Waals surface area contributed by atoms with E-state index in [2.05, 4.69) is 18.7 Å². The Hall–Kier alpha value is -0.0900. The Balaban J connectivity index is 2.11. The molecule has 0 aliphatic carbocycles. The highest BCUT2D eigenvalue weighted by molar-refractivity contribution is 7.16. The van der Waals surface area contributed by atoms with Gasteiger partial charge in [0, 0.05) is 17.5 Å². The summed E-state index contributed by atoms with van der Waals surface area (Å²) in [6.07, 6.45) is 2.69. The quantitative estimate of drug-likeness (QED) is 0.892. The molecule has 0 aromatic carbocycles. The third kappa shape index (κ3) is 3.02. The van der Waals surface area contributed by atoms with Gasteiger partial charge in [0.2, 0.25) is 0 Å². The van der Waals surface area contributed by atoms with Gasteiger partial charge in [-0.3, -0.25) is 0 Å². The second-order valence-corrected chi connectivity index (χ2v) is 6.83. The van der Waals surface area contributed by atoms with Gasteiger partial charge < -0.3 is 10.0 Å². The van der Waals surface area contributed by atoms with Gasteiger partial charge in [-0.25, -0.2) is 0 Å². The van der Waals surface area contributed by atoms with Crippen LogP contribution in [0.15, 0.2) is 12.1 Å². The second-order valence-electron chi connectivity index (χ2n) is 5.12. The molecule has 0 amide bonds. The SMILES string of the molecule is CC(C)N1CCCC(O)(c2ccc(Cl)s2)CC1. The van der Waals surface area contributed by atoms with Gasteiger partial charge in [-0.05, 0) is 51.8 Å². The zero-order valence-electron chi connectivity index (χ0n) is 10.4. The van der Waals surface area contributed by atoms with Crippen molar-refractivity contribution in [1.29, 1.82) is 0 Å². The van der Waals surface area contributed by atoms with Crippen molar-refractivity contribution < 1.29 is 5.11 Å². The molecule has 1 aromatic rings. The smallest absolute Gasteiger partial charge is 0.100 e. The molecule has 2 rings (SSSR count). The van der Waals surface area contributed by atoms with E-state index >= 15 is 0 Å². The van der Waals surface area contributed by atoms with Crippen molar-refractivity contribution in [2.45, 2.75) is 44.8 Å². The molecule has 1 atom stereocenters. The molecule has 1 aromatic heterocycles. The van der Waals surface area contributed by atoms with Crippen LogP contribution >= 0.6 is 22.9 Å². The molecule has 0 radical (unpaired) electrons. The van der Waals surface area contributed by atoms with Crippen LogP contribution in [0.1, 0.15) is 38.0 Å². The van der Waals surface area contributed by atoms with Gasteiger partial charge in [0.15, 0.2) is 0 Å². The first-order chi connectivity index (χ1) is 8.01. The Morgan fingerprint density at radius 1 is 1.35 bits per heavy atom. The van der Waals surface area contributed by atoms with Gasteiger partial charge >= 0.3 is 0 Å². The number of likely N-dealkylation sites (tertiary alicyclic amines) is 1. The highest BCUT2D eigenvalue weighted by atomic mass is 35.5. The van der Waals surface area contributed by atoms with E-state index in [0.29, 0.717) is 6.04 Å². The van der Waals surface area contributed by atoms with Crippen molar-refractivity contribution in [3.63, 3.8) is 0 Å². The molecule has 2 heterocycles. The molecule has 1 aliphatic heterocycles. The maximum Gasteiger partial charge on any atom is 0.100 e. The van der Waals surface area contributed by atoms with E-state index in [9.17, 15) is 5.11 Å². The summed E-state index contributed by atoms with van der Waals surface area (Å²) in [4.78, 5) is 3.46. The molecule has 1 saturated heterocycles. The number of nitrogens with zero attached hydrogens (tertiary/aromatic N) is 1. The topological polar surface area (TPSA) is 23.5 Å². The third-order valence-electron chi connectivity index (χ3n) is 3.61. The Bertz CT molecular complexity index is 379. The normalized spacial score (nSPS) is 27.4. The maximum absolute atomic E-state index is 10.8. The van der Waals surface area contributed by atoms with Crippen molar-refractivity contribution in [2.75, 3.05) is 13.1 Å². The van der Waals surface area contributed by atoms with Crippen molar-refractivity contribution in [3.8, 4) is 0 Å². The molecule has 17 heavy (non-hydrogen) atoms. The van der Waals surface area contributed by atoms with Crippen LogP contribution in [0.5, 0.6) is 0 Å². The second kappa shape index (κ2) is 5.27. The minimum atomic E-state index is -0.665. The molecule has 0 spiro atoms. The lowest BCUT2D eigenvalue weighted by molar-refractivity contribution is 0.0240. The van der Waals surface area contributed by atoms with Crippen LogP contribution in [0.4, 0.5) is 0 Å². The summed E-state index contributed by atoms with van der Waals surface area (Å²) in [5.41, 5.74) is -0.665.